The van der Waals surface area contributed by atoms with Gasteiger partial charge in [0.25, 0.3) is 0 Å². The Morgan fingerprint density at radius 3 is 2.57 bits per heavy atom. The zero-order chi connectivity index (χ0) is 16.9. The van der Waals surface area contributed by atoms with E-state index in [-0.39, 0.29) is 5.54 Å². The average Bonchev–Trinajstić information content (AvgIpc) is 3.02. The summed E-state index contributed by atoms with van der Waals surface area (Å²) in [5, 5.41) is 3.37. The van der Waals surface area contributed by atoms with Crippen molar-refractivity contribution >= 4 is 10.0 Å². The van der Waals surface area contributed by atoms with Gasteiger partial charge in [-0.1, -0.05) is 26.0 Å². The van der Waals surface area contributed by atoms with Crippen LogP contribution >= 0.6 is 0 Å². The highest BCUT2D eigenvalue weighted by atomic mass is 32.2. The van der Waals surface area contributed by atoms with Crippen LogP contribution in [0.3, 0.4) is 0 Å². The van der Waals surface area contributed by atoms with Crippen LogP contribution in [0.5, 0.6) is 0 Å². The molecule has 0 bridgehead atoms. The third kappa shape index (κ3) is 4.53. The number of nitrogens with one attached hydrogen (secondary N) is 2. The van der Waals surface area contributed by atoms with Gasteiger partial charge in [0, 0.05) is 13.7 Å². The minimum atomic E-state index is -3.50. The summed E-state index contributed by atoms with van der Waals surface area (Å²) in [4.78, 5) is 0.315. The van der Waals surface area contributed by atoms with Gasteiger partial charge in [-0.3, -0.25) is 0 Å². The standard InChI is InChI=1S/C17H28N2O3S/c1-4-14(2)15-6-8-16(9-7-15)23(20,21)19-12-17(13-22-3)10-5-11-18-17/h6-9,14,18-19H,4-5,10-13H2,1-3H3. The zero-order valence-corrected chi connectivity index (χ0v) is 15.1. The molecular weight excluding hydrogens is 312 g/mol. The van der Waals surface area contributed by atoms with Crippen LogP contribution in [-0.4, -0.2) is 40.8 Å². The third-order valence-corrected chi connectivity index (χ3v) is 6.14. The number of methoxy groups -OCH3 is 1. The average molecular weight is 340 g/mol. The first-order chi connectivity index (χ1) is 10.9. The van der Waals surface area contributed by atoms with Crippen LogP contribution in [-0.2, 0) is 14.8 Å². The molecule has 1 saturated heterocycles. The maximum atomic E-state index is 12.5. The van der Waals surface area contributed by atoms with Crippen molar-refractivity contribution in [3.63, 3.8) is 0 Å². The second kappa shape index (κ2) is 7.75. The van der Waals surface area contributed by atoms with E-state index in [1.807, 2.05) is 12.1 Å². The van der Waals surface area contributed by atoms with Gasteiger partial charge in [0.15, 0.2) is 0 Å². The number of hydrogen-bond acceptors (Lipinski definition) is 4. The van der Waals surface area contributed by atoms with Gasteiger partial charge in [-0.15, -0.1) is 0 Å². The smallest absolute Gasteiger partial charge is 0.240 e. The highest BCUT2D eigenvalue weighted by Gasteiger charge is 2.34. The van der Waals surface area contributed by atoms with E-state index >= 15 is 0 Å². The molecule has 6 heteroatoms. The highest BCUT2D eigenvalue weighted by Crippen LogP contribution is 2.22. The molecule has 1 aliphatic rings. The normalized spacial score (nSPS) is 23.1. The molecule has 2 rings (SSSR count). The van der Waals surface area contributed by atoms with E-state index in [0.717, 1.165) is 25.8 Å². The van der Waals surface area contributed by atoms with Gasteiger partial charge in [-0.05, 0) is 49.4 Å². The minimum Gasteiger partial charge on any atom is -0.383 e. The Morgan fingerprint density at radius 2 is 2.04 bits per heavy atom. The van der Waals surface area contributed by atoms with Gasteiger partial charge in [0.1, 0.15) is 0 Å². The van der Waals surface area contributed by atoms with Crippen molar-refractivity contribution in [2.45, 2.75) is 49.5 Å². The second-order valence-corrected chi connectivity index (χ2v) is 8.21. The topological polar surface area (TPSA) is 67.4 Å². The van der Waals surface area contributed by atoms with Gasteiger partial charge < -0.3 is 10.1 Å². The molecule has 0 aromatic heterocycles. The third-order valence-electron chi connectivity index (χ3n) is 4.73. The van der Waals surface area contributed by atoms with Crippen LogP contribution in [0.4, 0.5) is 0 Å². The Kier molecular flexibility index (Phi) is 6.19. The summed E-state index contributed by atoms with van der Waals surface area (Å²) < 4.78 is 33.0. The lowest BCUT2D eigenvalue weighted by Crippen LogP contribution is -2.52. The summed E-state index contributed by atoms with van der Waals surface area (Å²) in [6.45, 7) is 6.01. The Labute approximate surface area is 139 Å². The lowest BCUT2D eigenvalue weighted by Gasteiger charge is -2.28. The molecule has 0 aliphatic carbocycles. The molecule has 130 valence electrons. The highest BCUT2D eigenvalue weighted by molar-refractivity contribution is 7.89. The Hall–Kier alpha value is -0.950. The van der Waals surface area contributed by atoms with Crippen LogP contribution < -0.4 is 10.0 Å². The van der Waals surface area contributed by atoms with Crippen molar-refractivity contribution in [1.82, 2.24) is 10.0 Å². The first kappa shape index (κ1) is 18.4. The van der Waals surface area contributed by atoms with Gasteiger partial charge in [0.2, 0.25) is 10.0 Å². The van der Waals surface area contributed by atoms with Gasteiger partial charge in [-0.2, -0.15) is 0 Å². The van der Waals surface area contributed by atoms with Gasteiger partial charge >= 0.3 is 0 Å². The fraction of sp³-hybridized carbons (Fsp3) is 0.647. The molecule has 1 fully saturated rings. The Bertz CT molecular complexity index is 593. The molecule has 2 unspecified atom stereocenters. The van der Waals surface area contributed by atoms with E-state index in [4.69, 9.17) is 4.74 Å². The van der Waals surface area contributed by atoms with Crippen molar-refractivity contribution in [3.8, 4) is 0 Å². The fourth-order valence-electron chi connectivity index (χ4n) is 3.00. The molecule has 0 amide bonds. The number of benzene rings is 1. The largest absolute Gasteiger partial charge is 0.383 e. The van der Waals surface area contributed by atoms with Crippen LogP contribution in [0.15, 0.2) is 29.2 Å². The zero-order valence-electron chi connectivity index (χ0n) is 14.3. The van der Waals surface area contributed by atoms with Crippen LogP contribution in [0.1, 0.15) is 44.6 Å². The van der Waals surface area contributed by atoms with Crippen molar-refractivity contribution in [2.24, 2.45) is 0 Å². The maximum Gasteiger partial charge on any atom is 0.240 e. The predicted molar refractivity (Wildman–Crippen MR) is 92.2 cm³/mol. The molecule has 1 aromatic carbocycles. The minimum absolute atomic E-state index is 0.293. The quantitative estimate of drug-likeness (QED) is 0.762. The Balaban J connectivity index is 2.06. The number of ether oxygens (including phenoxy) is 1. The first-order valence-corrected chi connectivity index (χ1v) is 9.74. The molecular formula is C17H28N2O3S. The van der Waals surface area contributed by atoms with Crippen molar-refractivity contribution in [1.29, 1.82) is 0 Å². The first-order valence-electron chi connectivity index (χ1n) is 8.26. The molecule has 0 radical (unpaired) electrons. The van der Waals surface area contributed by atoms with E-state index in [2.05, 4.69) is 23.9 Å². The molecule has 1 heterocycles. The summed E-state index contributed by atoms with van der Waals surface area (Å²) in [5.41, 5.74) is 0.873. The van der Waals surface area contributed by atoms with Crippen LogP contribution in [0.25, 0.3) is 0 Å². The number of hydrogen-bond donors (Lipinski definition) is 2. The van der Waals surface area contributed by atoms with E-state index in [9.17, 15) is 8.42 Å². The summed E-state index contributed by atoms with van der Waals surface area (Å²) in [7, 11) is -1.86. The maximum absolute atomic E-state index is 12.5. The SMILES string of the molecule is CCC(C)c1ccc(S(=O)(=O)NCC2(COC)CCCN2)cc1. The lowest BCUT2D eigenvalue weighted by atomic mass is 9.99. The summed E-state index contributed by atoms with van der Waals surface area (Å²) >= 11 is 0. The van der Waals surface area contributed by atoms with Crippen LogP contribution in [0, 0.1) is 0 Å². The van der Waals surface area contributed by atoms with E-state index < -0.39 is 10.0 Å². The monoisotopic (exact) mass is 340 g/mol. The number of sulfonamides is 1. The molecule has 2 N–H and O–H groups in total. The second-order valence-electron chi connectivity index (χ2n) is 6.45. The van der Waals surface area contributed by atoms with Crippen molar-refractivity contribution < 1.29 is 13.2 Å². The lowest BCUT2D eigenvalue weighted by molar-refractivity contribution is 0.122. The molecule has 5 nitrogen and oxygen atoms in total. The molecule has 23 heavy (non-hydrogen) atoms. The van der Waals surface area contributed by atoms with Gasteiger partial charge in [0.05, 0.1) is 17.0 Å². The van der Waals surface area contributed by atoms with Crippen LogP contribution in [0.2, 0.25) is 0 Å². The molecule has 1 aliphatic heterocycles. The summed E-state index contributed by atoms with van der Waals surface area (Å²) in [6, 6.07) is 7.19. The van der Waals surface area contributed by atoms with Crippen molar-refractivity contribution in [2.75, 3.05) is 26.8 Å². The fourth-order valence-corrected chi connectivity index (χ4v) is 4.13. The van der Waals surface area contributed by atoms with E-state index in [1.54, 1.807) is 19.2 Å². The Morgan fingerprint density at radius 1 is 1.35 bits per heavy atom. The molecule has 0 saturated carbocycles. The van der Waals surface area contributed by atoms with Gasteiger partial charge in [-0.25, -0.2) is 13.1 Å². The molecule has 1 aromatic rings. The number of rotatable bonds is 8. The van der Waals surface area contributed by atoms with Crippen molar-refractivity contribution in [3.05, 3.63) is 29.8 Å². The van der Waals surface area contributed by atoms with E-state index in [1.165, 1.54) is 5.56 Å². The predicted octanol–water partition coefficient (Wildman–Crippen LogP) is 2.25. The summed E-state index contributed by atoms with van der Waals surface area (Å²) in [5.74, 6) is 0.437. The summed E-state index contributed by atoms with van der Waals surface area (Å²) in [6.07, 6.45) is 2.99. The molecule has 0 spiro atoms. The molecule has 2 atom stereocenters. The van der Waals surface area contributed by atoms with E-state index in [0.29, 0.717) is 24.0 Å².